The highest BCUT2D eigenvalue weighted by Crippen LogP contribution is 2.37. The Hall–Kier alpha value is -2.79. The van der Waals surface area contributed by atoms with E-state index in [2.05, 4.69) is 11.9 Å². The highest BCUT2D eigenvalue weighted by Gasteiger charge is 2.25. The SMILES string of the molecule is CCCCOc1c(Cl)cc(/C=C2\N=C(c3ccccc3C)OC2=O)cc1OC. The Labute approximate surface area is 169 Å². The number of esters is 1. The van der Waals surface area contributed by atoms with Gasteiger partial charge in [0.25, 0.3) is 0 Å². The predicted octanol–water partition coefficient (Wildman–Crippen LogP) is 5.18. The molecule has 5 nitrogen and oxygen atoms in total. The summed E-state index contributed by atoms with van der Waals surface area (Å²) in [4.78, 5) is 16.6. The van der Waals surface area contributed by atoms with Gasteiger partial charge in [0.15, 0.2) is 17.2 Å². The van der Waals surface area contributed by atoms with Gasteiger partial charge in [0.1, 0.15) is 0 Å². The van der Waals surface area contributed by atoms with E-state index in [0.29, 0.717) is 34.6 Å². The predicted molar refractivity (Wildman–Crippen MR) is 110 cm³/mol. The topological polar surface area (TPSA) is 57.1 Å². The van der Waals surface area contributed by atoms with Gasteiger partial charge in [-0.05, 0) is 48.7 Å². The molecule has 0 fully saturated rings. The minimum absolute atomic E-state index is 0.205. The van der Waals surface area contributed by atoms with Gasteiger partial charge in [-0.1, -0.05) is 43.1 Å². The fourth-order valence-electron chi connectivity index (χ4n) is 2.78. The minimum atomic E-state index is -0.503. The molecule has 1 heterocycles. The standard InChI is InChI=1S/C22H22ClNO4/c1-4-5-10-27-20-17(23)11-15(13-19(20)26-3)12-18-22(25)28-21(24-18)16-9-7-6-8-14(16)2/h6-9,11-13H,4-5,10H2,1-3H3/b18-12-. The molecule has 0 aromatic heterocycles. The lowest BCUT2D eigenvalue weighted by atomic mass is 10.1. The number of unbranched alkanes of at least 4 members (excludes halogenated alkanes) is 1. The van der Waals surface area contributed by atoms with Gasteiger partial charge in [0.05, 0.1) is 18.7 Å². The molecule has 0 spiro atoms. The van der Waals surface area contributed by atoms with Crippen LogP contribution in [-0.2, 0) is 9.53 Å². The first-order valence-corrected chi connectivity index (χ1v) is 9.50. The molecule has 0 saturated carbocycles. The van der Waals surface area contributed by atoms with Crippen molar-refractivity contribution < 1.29 is 19.0 Å². The van der Waals surface area contributed by atoms with E-state index in [1.807, 2.05) is 31.2 Å². The summed E-state index contributed by atoms with van der Waals surface area (Å²) in [5.74, 6) is 0.798. The fourth-order valence-corrected chi connectivity index (χ4v) is 3.05. The number of benzene rings is 2. The molecule has 0 radical (unpaired) electrons. The summed E-state index contributed by atoms with van der Waals surface area (Å²) < 4.78 is 16.5. The van der Waals surface area contributed by atoms with Crippen molar-refractivity contribution in [1.29, 1.82) is 0 Å². The second-order valence-electron chi connectivity index (χ2n) is 6.39. The quantitative estimate of drug-likeness (QED) is 0.365. The molecule has 1 aliphatic rings. The third-order valence-electron chi connectivity index (χ3n) is 4.30. The molecule has 2 aromatic carbocycles. The number of cyclic esters (lactones) is 1. The molecule has 146 valence electrons. The molecule has 0 saturated heterocycles. The van der Waals surface area contributed by atoms with Crippen LogP contribution in [0.2, 0.25) is 5.02 Å². The molecule has 28 heavy (non-hydrogen) atoms. The van der Waals surface area contributed by atoms with E-state index in [9.17, 15) is 4.79 Å². The zero-order chi connectivity index (χ0) is 20.1. The number of carbonyl (C=O) groups is 1. The monoisotopic (exact) mass is 399 g/mol. The molecule has 0 aliphatic carbocycles. The highest BCUT2D eigenvalue weighted by atomic mass is 35.5. The first kappa shape index (κ1) is 20.0. The van der Waals surface area contributed by atoms with Crippen LogP contribution in [0.15, 0.2) is 47.1 Å². The highest BCUT2D eigenvalue weighted by molar-refractivity contribution is 6.32. The van der Waals surface area contributed by atoms with Crippen LogP contribution >= 0.6 is 11.6 Å². The number of methoxy groups -OCH3 is 1. The van der Waals surface area contributed by atoms with Gasteiger partial charge in [0.2, 0.25) is 5.90 Å². The van der Waals surface area contributed by atoms with Crippen molar-refractivity contribution in [3.63, 3.8) is 0 Å². The summed E-state index contributed by atoms with van der Waals surface area (Å²) >= 11 is 6.37. The Morgan fingerprint density at radius 1 is 1.25 bits per heavy atom. The second kappa shape index (κ2) is 8.93. The maximum Gasteiger partial charge on any atom is 0.363 e. The Morgan fingerprint density at radius 2 is 2.04 bits per heavy atom. The zero-order valence-corrected chi connectivity index (χ0v) is 16.9. The third-order valence-corrected chi connectivity index (χ3v) is 4.58. The second-order valence-corrected chi connectivity index (χ2v) is 6.79. The van der Waals surface area contributed by atoms with Crippen LogP contribution in [0.1, 0.15) is 36.5 Å². The molecule has 2 aromatic rings. The van der Waals surface area contributed by atoms with Crippen molar-refractivity contribution in [2.24, 2.45) is 4.99 Å². The number of ether oxygens (including phenoxy) is 3. The smallest absolute Gasteiger partial charge is 0.363 e. The van der Waals surface area contributed by atoms with E-state index in [-0.39, 0.29) is 5.70 Å². The molecule has 0 amide bonds. The maximum atomic E-state index is 12.3. The molecule has 6 heteroatoms. The summed E-state index contributed by atoms with van der Waals surface area (Å²) in [5, 5.41) is 0.414. The first-order chi connectivity index (χ1) is 13.5. The Bertz CT molecular complexity index is 950. The van der Waals surface area contributed by atoms with E-state index in [1.165, 1.54) is 0 Å². The lowest BCUT2D eigenvalue weighted by molar-refractivity contribution is -0.129. The van der Waals surface area contributed by atoms with Gasteiger partial charge in [-0.25, -0.2) is 9.79 Å². The maximum absolute atomic E-state index is 12.3. The number of hydrogen-bond acceptors (Lipinski definition) is 5. The summed E-state index contributed by atoms with van der Waals surface area (Å²) in [5.41, 5.74) is 2.64. The number of carbonyl (C=O) groups excluding carboxylic acids is 1. The van der Waals surface area contributed by atoms with Crippen molar-refractivity contribution in [3.8, 4) is 11.5 Å². The average Bonchev–Trinajstić information content (AvgIpc) is 3.03. The number of aryl methyl sites for hydroxylation is 1. The fraction of sp³-hybridized carbons (Fsp3) is 0.273. The van der Waals surface area contributed by atoms with Crippen LogP contribution < -0.4 is 9.47 Å². The zero-order valence-electron chi connectivity index (χ0n) is 16.1. The van der Waals surface area contributed by atoms with E-state index < -0.39 is 5.97 Å². The molecule has 0 unspecified atom stereocenters. The van der Waals surface area contributed by atoms with Crippen molar-refractivity contribution >= 4 is 29.5 Å². The van der Waals surface area contributed by atoms with Crippen molar-refractivity contribution in [3.05, 3.63) is 63.8 Å². The van der Waals surface area contributed by atoms with Crippen LogP contribution in [0.5, 0.6) is 11.5 Å². The van der Waals surface area contributed by atoms with E-state index in [1.54, 1.807) is 25.3 Å². The molecular formula is C22H22ClNO4. The first-order valence-electron chi connectivity index (χ1n) is 9.12. The lowest BCUT2D eigenvalue weighted by Gasteiger charge is -2.13. The number of hydrogen-bond donors (Lipinski definition) is 0. The van der Waals surface area contributed by atoms with Crippen LogP contribution in [0.4, 0.5) is 0 Å². The lowest BCUT2D eigenvalue weighted by Crippen LogP contribution is -2.06. The van der Waals surface area contributed by atoms with Gasteiger partial charge in [-0.15, -0.1) is 0 Å². The summed E-state index contributed by atoms with van der Waals surface area (Å²) in [6.07, 6.45) is 3.57. The molecular weight excluding hydrogens is 378 g/mol. The molecule has 0 atom stereocenters. The van der Waals surface area contributed by atoms with Crippen LogP contribution in [0, 0.1) is 6.92 Å². The molecule has 0 N–H and O–H groups in total. The Kier molecular flexibility index (Phi) is 6.37. The Morgan fingerprint density at radius 3 is 2.75 bits per heavy atom. The molecule has 3 rings (SSSR count). The van der Waals surface area contributed by atoms with Gasteiger partial charge in [-0.3, -0.25) is 0 Å². The van der Waals surface area contributed by atoms with Crippen molar-refractivity contribution in [1.82, 2.24) is 0 Å². The molecule has 1 aliphatic heterocycles. The number of nitrogens with zero attached hydrogens (tertiary/aromatic N) is 1. The van der Waals surface area contributed by atoms with Gasteiger partial charge >= 0.3 is 5.97 Å². The average molecular weight is 400 g/mol. The van der Waals surface area contributed by atoms with Crippen LogP contribution in [-0.4, -0.2) is 25.6 Å². The normalized spacial score (nSPS) is 14.8. The van der Waals surface area contributed by atoms with Gasteiger partial charge in [0, 0.05) is 5.56 Å². The van der Waals surface area contributed by atoms with Crippen molar-refractivity contribution in [2.75, 3.05) is 13.7 Å². The van der Waals surface area contributed by atoms with E-state index >= 15 is 0 Å². The molecule has 0 bridgehead atoms. The van der Waals surface area contributed by atoms with Gasteiger partial charge < -0.3 is 14.2 Å². The number of aliphatic imine (C=N–C) groups is 1. The number of rotatable bonds is 7. The van der Waals surface area contributed by atoms with Crippen LogP contribution in [0.25, 0.3) is 6.08 Å². The summed E-state index contributed by atoms with van der Waals surface area (Å²) in [6.45, 7) is 4.59. The minimum Gasteiger partial charge on any atom is -0.493 e. The summed E-state index contributed by atoms with van der Waals surface area (Å²) in [7, 11) is 1.55. The largest absolute Gasteiger partial charge is 0.493 e. The van der Waals surface area contributed by atoms with Crippen LogP contribution in [0.3, 0.4) is 0 Å². The van der Waals surface area contributed by atoms with Gasteiger partial charge in [-0.2, -0.15) is 0 Å². The van der Waals surface area contributed by atoms with E-state index in [0.717, 1.165) is 24.0 Å². The third kappa shape index (κ3) is 4.37. The summed E-state index contributed by atoms with van der Waals surface area (Å²) in [6, 6.07) is 11.1. The van der Waals surface area contributed by atoms with E-state index in [4.69, 9.17) is 25.8 Å². The number of halogens is 1. The Balaban J connectivity index is 1.91. The van der Waals surface area contributed by atoms with Crippen molar-refractivity contribution in [2.45, 2.75) is 26.7 Å².